The number of nitrogens with one attached hydrogen (secondary N) is 1. The summed E-state index contributed by atoms with van der Waals surface area (Å²) in [4.78, 5) is 31.7. The number of fused-ring (bicyclic) bond motifs is 1. The minimum atomic E-state index is -0.559. The number of halogens is 1. The van der Waals surface area contributed by atoms with Gasteiger partial charge in [-0.3, -0.25) is 4.79 Å². The van der Waals surface area contributed by atoms with E-state index in [2.05, 4.69) is 10.2 Å². The largest absolute Gasteiger partial charge is 0.452 e. The zero-order valence-electron chi connectivity index (χ0n) is 15.7. The molecule has 1 fully saturated rings. The average Bonchev–Trinajstić information content (AvgIpc) is 3.27. The Labute approximate surface area is 173 Å². The summed E-state index contributed by atoms with van der Waals surface area (Å²) in [7, 11) is 0. The molecule has 1 aromatic heterocycles. The molecule has 1 saturated heterocycles. The summed E-state index contributed by atoms with van der Waals surface area (Å²) < 4.78 is 5.29. The summed E-state index contributed by atoms with van der Waals surface area (Å²) in [5.41, 5.74) is 1.79. The van der Waals surface area contributed by atoms with Crippen molar-refractivity contribution in [1.82, 2.24) is 4.98 Å². The third-order valence-electron chi connectivity index (χ3n) is 4.79. The van der Waals surface area contributed by atoms with Crippen LogP contribution in [-0.2, 0) is 9.53 Å². The number of benzene rings is 2. The Kier molecular flexibility index (Phi) is 5.62. The first-order valence-electron chi connectivity index (χ1n) is 9.47. The molecule has 29 heavy (non-hydrogen) atoms. The van der Waals surface area contributed by atoms with Crippen molar-refractivity contribution in [2.45, 2.75) is 12.8 Å². The van der Waals surface area contributed by atoms with Crippen molar-refractivity contribution < 1.29 is 14.3 Å². The van der Waals surface area contributed by atoms with Crippen molar-refractivity contribution >= 4 is 45.9 Å². The van der Waals surface area contributed by atoms with E-state index in [-0.39, 0.29) is 6.61 Å². The topological polar surface area (TPSA) is 71.5 Å². The van der Waals surface area contributed by atoms with Crippen LogP contribution in [0.15, 0.2) is 54.6 Å². The molecule has 4 rings (SSSR count). The van der Waals surface area contributed by atoms with E-state index >= 15 is 0 Å². The molecule has 0 radical (unpaired) electrons. The number of hydrogen-bond donors (Lipinski definition) is 1. The second-order valence-corrected chi connectivity index (χ2v) is 7.31. The molecule has 0 atom stereocenters. The molecule has 2 heterocycles. The van der Waals surface area contributed by atoms with Crippen LogP contribution in [0.4, 0.5) is 11.5 Å². The molecule has 0 aliphatic carbocycles. The number of amides is 1. The number of rotatable bonds is 5. The van der Waals surface area contributed by atoms with Gasteiger partial charge in [-0.25, -0.2) is 9.78 Å². The number of carbonyl (C=O) groups excluding carboxylic acids is 2. The maximum Gasteiger partial charge on any atom is 0.342 e. The van der Waals surface area contributed by atoms with Gasteiger partial charge in [0.1, 0.15) is 11.4 Å². The standard InChI is InChI=1S/C22H20ClN3O3/c23-16-7-9-17(10-8-16)24-20(27)14-29-22(28)18-13-15-5-1-2-6-19(15)25-21(18)26-11-3-4-12-26/h1-2,5-10,13H,3-4,11-12,14H2,(H,24,27). The molecule has 7 heteroatoms. The monoisotopic (exact) mass is 409 g/mol. The van der Waals surface area contributed by atoms with Gasteiger partial charge < -0.3 is 15.0 Å². The number of pyridine rings is 1. The van der Waals surface area contributed by atoms with E-state index in [0.29, 0.717) is 22.1 Å². The maximum absolute atomic E-state index is 12.8. The number of hydrogen-bond acceptors (Lipinski definition) is 5. The molecule has 0 spiro atoms. The molecule has 6 nitrogen and oxygen atoms in total. The van der Waals surface area contributed by atoms with Crippen molar-refractivity contribution in [2.24, 2.45) is 0 Å². The van der Waals surface area contributed by atoms with Gasteiger partial charge in [0, 0.05) is 29.2 Å². The van der Waals surface area contributed by atoms with Crippen molar-refractivity contribution in [3.8, 4) is 0 Å². The van der Waals surface area contributed by atoms with Crippen LogP contribution >= 0.6 is 11.6 Å². The minimum absolute atomic E-state index is 0.380. The van der Waals surface area contributed by atoms with Gasteiger partial charge in [0.2, 0.25) is 0 Å². The first kappa shape index (κ1) is 19.2. The molecular weight excluding hydrogens is 390 g/mol. The number of nitrogens with zero attached hydrogens (tertiary/aromatic N) is 2. The van der Waals surface area contributed by atoms with E-state index < -0.39 is 11.9 Å². The van der Waals surface area contributed by atoms with E-state index in [4.69, 9.17) is 21.3 Å². The normalized spacial score (nSPS) is 13.5. The molecule has 0 saturated carbocycles. The zero-order valence-corrected chi connectivity index (χ0v) is 16.5. The lowest BCUT2D eigenvalue weighted by Gasteiger charge is -2.20. The fraction of sp³-hybridized carbons (Fsp3) is 0.227. The van der Waals surface area contributed by atoms with Gasteiger partial charge in [0.15, 0.2) is 6.61 Å². The van der Waals surface area contributed by atoms with Gasteiger partial charge in [-0.2, -0.15) is 0 Å². The van der Waals surface area contributed by atoms with Crippen molar-refractivity contribution in [1.29, 1.82) is 0 Å². The van der Waals surface area contributed by atoms with E-state index in [1.54, 1.807) is 30.3 Å². The number of esters is 1. The molecule has 3 aromatic rings. The second-order valence-electron chi connectivity index (χ2n) is 6.88. The molecule has 1 amide bonds. The highest BCUT2D eigenvalue weighted by Crippen LogP contribution is 2.27. The molecule has 2 aromatic carbocycles. The maximum atomic E-state index is 12.8. The molecular formula is C22H20ClN3O3. The van der Waals surface area contributed by atoms with Crippen LogP contribution in [0, 0.1) is 0 Å². The second kappa shape index (κ2) is 8.49. The number of anilines is 2. The number of ether oxygens (including phenoxy) is 1. The smallest absolute Gasteiger partial charge is 0.342 e. The van der Waals surface area contributed by atoms with Crippen molar-refractivity contribution in [2.75, 3.05) is 29.9 Å². The fourth-order valence-electron chi connectivity index (χ4n) is 3.37. The van der Waals surface area contributed by atoms with E-state index in [1.165, 1.54) is 0 Å². The summed E-state index contributed by atoms with van der Waals surface area (Å²) in [5, 5.41) is 4.11. The Morgan fingerprint density at radius 2 is 1.79 bits per heavy atom. The van der Waals surface area contributed by atoms with Crippen LogP contribution in [-0.4, -0.2) is 36.6 Å². The Balaban J connectivity index is 1.50. The highest BCUT2D eigenvalue weighted by molar-refractivity contribution is 6.30. The van der Waals surface area contributed by atoms with Crippen LogP contribution in [0.1, 0.15) is 23.2 Å². The molecule has 0 bridgehead atoms. The number of aromatic nitrogens is 1. The Morgan fingerprint density at radius 3 is 2.55 bits per heavy atom. The third kappa shape index (κ3) is 4.49. The van der Waals surface area contributed by atoms with Crippen LogP contribution in [0.25, 0.3) is 10.9 Å². The fourth-order valence-corrected chi connectivity index (χ4v) is 3.49. The summed E-state index contributed by atoms with van der Waals surface area (Å²) in [6.07, 6.45) is 2.12. The first-order valence-corrected chi connectivity index (χ1v) is 9.85. The van der Waals surface area contributed by atoms with Gasteiger partial charge in [-0.15, -0.1) is 0 Å². The first-order chi connectivity index (χ1) is 14.1. The molecule has 0 unspecified atom stereocenters. The Hall–Kier alpha value is -3.12. The van der Waals surface area contributed by atoms with E-state index in [9.17, 15) is 9.59 Å². The quantitative estimate of drug-likeness (QED) is 0.636. The summed E-state index contributed by atoms with van der Waals surface area (Å²) in [5.74, 6) is -0.363. The Morgan fingerprint density at radius 1 is 1.07 bits per heavy atom. The lowest BCUT2D eigenvalue weighted by molar-refractivity contribution is -0.119. The highest BCUT2D eigenvalue weighted by atomic mass is 35.5. The minimum Gasteiger partial charge on any atom is -0.452 e. The van der Waals surface area contributed by atoms with Gasteiger partial charge in [0.05, 0.1) is 5.52 Å². The zero-order chi connectivity index (χ0) is 20.2. The van der Waals surface area contributed by atoms with Crippen LogP contribution in [0.2, 0.25) is 5.02 Å². The van der Waals surface area contributed by atoms with Gasteiger partial charge in [-0.05, 0) is 49.2 Å². The van der Waals surface area contributed by atoms with Crippen molar-refractivity contribution in [3.05, 3.63) is 65.2 Å². The summed E-state index contributed by atoms with van der Waals surface area (Å²) >= 11 is 5.84. The number of carbonyl (C=O) groups is 2. The molecule has 1 aliphatic heterocycles. The van der Waals surface area contributed by atoms with Crippen LogP contribution in [0.3, 0.4) is 0 Å². The average molecular weight is 410 g/mol. The van der Waals surface area contributed by atoms with E-state index in [0.717, 1.165) is 36.8 Å². The van der Waals surface area contributed by atoms with Gasteiger partial charge >= 0.3 is 5.97 Å². The molecule has 148 valence electrons. The van der Waals surface area contributed by atoms with Crippen LogP contribution in [0.5, 0.6) is 0 Å². The SMILES string of the molecule is O=C(COC(=O)c1cc2ccccc2nc1N1CCCC1)Nc1ccc(Cl)cc1. The van der Waals surface area contributed by atoms with Crippen molar-refractivity contribution in [3.63, 3.8) is 0 Å². The lowest BCUT2D eigenvalue weighted by Crippen LogP contribution is -2.25. The predicted octanol–water partition coefficient (Wildman–Crippen LogP) is 4.28. The molecule has 1 aliphatic rings. The number of para-hydroxylation sites is 1. The summed E-state index contributed by atoms with van der Waals surface area (Å²) in [6.45, 7) is 1.32. The van der Waals surface area contributed by atoms with Gasteiger partial charge in [0.25, 0.3) is 5.91 Å². The highest BCUT2D eigenvalue weighted by Gasteiger charge is 2.23. The lowest BCUT2D eigenvalue weighted by atomic mass is 10.1. The third-order valence-corrected chi connectivity index (χ3v) is 5.04. The van der Waals surface area contributed by atoms with Crippen LogP contribution < -0.4 is 10.2 Å². The Bertz CT molecular complexity index is 1050. The van der Waals surface area contributed by atoms with E-state index in [1.807, 2.05) is 24.3 Å². The molecule has 1 N–H and O–H groups in total. The van der Waals surface area contributed by atoms with Gasteiger partial charge in [-0.1, -0.05) is 29.8 Å². The predicted molar refractivity (Wildman–Crippen MR) is 114 cm³/mol. The summed E-state index contributed by atoms with van der Waals surface area (Å²) in [6, 6.07) is 16.1.